The summed E-state index contributed by atoms with van der Waals surface area (Å²) in [6.07, 6.45) is 2.21. The Kier molecular flexibility index (Phi) is 5.25. The zero-order chi connectivity index (χ0) is 19.7. The number of amides is 1. The standard InChI is InChI=1S/C19H21F2N3O3/c1-10(2)9-13(19(26)27)22-18(25)17-11-5-3-7-14(11)24(23-17)15-8-4-6-12(20)16(15)21/h4,6,8,10,13H,3,5,7,9H2,1-2H3,(H,22,25)(H,26,27)/t13-/m0/s1. The van der Waals surface area contributed by atoms with Gasteiger partial charge in [-0.2, -0.15) is 5.10 Å². The van der Waals surface area contributed by atoms with E-state index < -0.39 is 29.6 Å². The molecule has 1 atom stereocenters. The number of carbonyl (C=O) groups is 2. The van der Waals surface area contributed by atoms with E-state index in [0.717, 1.165) is 12.5 Å². The highest BCUT2D eigenvalue weighted by molar-refractivity contribution is 5.96. The predicted octanol–water partition coefficient (Wildman–Crippen LogP) is 2.87. The Morgan fingerprint density at radius 2 is 2.04 bits per heavy atom. The van der Waals surface area contributed by atoms with Crippen molar-refractivity contribution >= 4 is 11.9 Å². The summed E-state index contributed by atoms with van der Waals surface area (Å²) < 4.78 is 29.1. The van der Waals surface area contributed by atoms with Gasteiger partial charge in [-0.25, -0.2) is 18.3 Å². The number of rotatable bonds is 6. The zero-order valence-corrected chi connectivity index (χ0v) is 15.1. The molecule has 0 fully saturated rings. The quantitative estimate of drug-likeness (QED) is 0.811. The molecule has 0 saturated heterocycles. The molecule has 0 saturated carbocycles. The lowest BCUT2D eigenvalue weighted by molar-refractivity contribution is -0.139. The van der Waals surface area contributed by atoms with E-state index in [9.17, 15) is 23.5 Å². The first-order chi connectivity index (χ1) is 12.8. The molecule has 1 aliphatic carbocycles. The number of carbonyl (C=O) groups excluding carboxylic acids is 1. The van der Waals surface area contributed by atoms with Crippen LogP contribution in [0.15, 0.2) is 18.2 Å². The minimum Gasteiger partial charge on any atom is -0.480 e. The fourth-order valence-electron chi connectivity index (χ4n) is 3.39. The fraction of sp³-hybridized carbons (Fsp3) is 0.421. The minimum atomic E-state index is -1.12. The molecule has 1 aromatic carbocycles. The zero-order valence-electron chi connectivity index (χ0n) is 15.1. The first-order valence-corrected chi connectivity index (χ1v) is 8.88. The summed E-state index contributed by atoms with van der Waals surface area (Å²) >= 11 is 0. The lowest BCUT2D eigenvalue weighted by Crippen LogP contribution is -2.42. The number of hydrogen-bond donors (Lipinski definition) is 2. The van der Waals surface area contributed by atoms with Gasteiger partial charge in [-0.05, 0) is 43.7 Å². The second-order valence-corrected chi connectivity index (χ2v) is 7.11. The molecule has 8 heteroatoms. The molecule has 0 aliphatic heterocycles. The lowest BCUT2D eigenvalue weighted by Gasteiger charge is -2.16. The van der Waals surface area contributed by atoms with Crippen LogP contribution in [-0.2, 0) is 17.6 Å². The van der Waals surface area contributed by atoms with Crippen molar-refractivity contribution < 1.29 is 23.5 Å². The molecule has 0 bridgehead atoms. The maximum atomic E-state index is 14.2. The Morgan fingerprint density at radius 1 is 1.30 bits per heavy atom. The summed E-state index contributed by atoms with van der Waals surface area (Å²) in [4.78, 5) is 24.1. The number of nitrogens with one attached hydrogen (secondary N) is 1. The molecule has 2 N–H and O–H groups in total. The Morgan fingerprint density at radius 3 is 2.70 bits per heavy atom. The van der Waals surface area contributed by atoms with Crippen LogP contribution in [0.1, 0.15) is 48.4 Å². The molecule has 1 amide bonds. The smallest absolute Gasteiger partial charge is 0.326 e. The minimum absolute atomic E-state index is 0.0656. The van der Waals surface area contributed by atoms with Gasteiger partial charge in [-0.1, -0.05) is 19.9 Å². The van der Waals surface area contributed by atoms with Gasteiger partial charge in [0.05, 0.1) is 0 Å². The average Bonchev–Trinajstić information content (AvgIpc) is 3.18. The molecular weight excluding hydrogens is 356 g/mol. The Bertz CT molecular complexity index is 893. The van der Waals surface area contributed by atoms with Gasteiger partial charge in [0, 0.05) is 11.3 Å². The third-order valence-corrected chi connectivity index (χ3v) is 4.62. The number of benzene rings is 1. The van der Waals surface area contributed by atoms with Gasteiger partial charge in [0.25, 0.3) is 5.91 Å². The van der Waals surface area contributed by atoms with Crippen LogP contribution in [0.3, 0.4) is 0 Å². The summed E-state index contributed by atoms with van der Waals surface area (Å²) in [6, 6.07) is 2.74. The molecule has 6 nitrogen and oxygen atoms in total. The highest BCUT2D eigenvalue weighted by Gasteiger charge is 2.30. The molecule has 27 heavy (non-hydrogen) atoms. The Balaban J connectivity index is 1.97. The number of halogens is 2. The third-order valence-electron chi connectivity index (χ3n) is 4.62. The van der Waals surface area contributed by atoms with Gasteiger partial charge in [-0.15, -0.1) is 0 Å². The number of aromatic nitrogens is 2. The second-order valence-electron chi connectivity index (χ2n) is 7.11. The van der Waals surface area contributed by atoms with Crippen LogP contribution >= 0.6 is 0 Å². The van der Waals surface area contributed by atoms with Crippen molar-refractivity contribution in [1.29, 1.82) is 0 Å². The Hall–Kier alpha value is -2.77. The summed E-state index contributed by atoms with van der Waals surface area (Å²) in [5.41, 5.74) is 1.32. The molecule has 1 aromatic heterocycles. The van der Waals surface area contributed by atoms with Gasteiger partial charge < -0.3 is 10.4 Å². The molecule has 1 heterocycles. The average molecular weight is 377 g/mol. The molecule has 1 aliphatic rings. The highest BCUT2D eigenvalue weighted by atomic mass is 19.2. The molecule has 144 valence electrons. The summed E-state index contributed by atoms with van der Waals surface area (Å²) in [7, 11) is 0. The van der Waals surface area contributed by atoms with Crippen LogP contribution < -0.4 is 5.32 Å². The monoisotopic (exact) mass is 377 g/mol. The number of hydrogen-bond acceptors (Lipinski definition) is 3. The van der Waals surface area contributed by atoms with Crippen LogP contribution in [0, 0.1) is 17.6 Å². The molecule has 3 rings (SSSR count). The largest absolute Gasteiger partial charge is 0.480 e. The number of aliphatic carboxylic acids is 1. The molecule has 0 radical (unpaired) electrons. The third kappa shape index (κ3) is 3.70. The molecule has 0 unspecified atom stereocenters. The highest BCUT2D eigenvalue weighted by Crippen LogP contribution is 2.29. The SMILES string of the molecule is CC(C)C[C@H](NC(=O)c1nn(-c2cccc(F)c2F)c2c1CCC2)C(=O)O. The molecule has 2 aromatic rings. The van der Waals surface area contributed by atoms with Crippen LogP contribution in [-0.4, -0.2) is 32.8 Å². The normalized spacial score (nSPS) is 14.3. The van der Waals surface area contributed by atoms with E-state index in [-0.39, 0.29) is 23.7 Å². The van der Waals surface area contributed by atoms with E-state index in [2.05, 4.69) is 10.4 Å². The van der Waals surface area contributed by atoms with Gasteiger partial charge >= 0.3 is 5.97 Å². The lowest BCUT2D eigenvalue weighted by atomic mass is 10.0. The summed E-state index contributed by atoms with van der Waals surface area (Å²) in [6.45, 7) is 3.72. The second kappa shape index (κ2) is 7.46. The van der Waals surface area contributed by atoms with Crippen molar-refractivity contribution in [3.8, 4) is 5.69 Å². The van der Waals surface area contributed by atoms with Crippen molar-refractivity contribution in [2.45, 2.75) is 45.6 Å². The van der Waals surface area contributed by atoms with E-state index in [1.165, 1.54) is 16.8 Å². The van der Waals surface area contributed by atoms with Gasteiger partial charge in [-0.3, -0.25) is 4.79 Å². The summed E-state index contributed by atoms with van der Waals surface area (Å²) in [5, 5.41) is 16.0. The van der Waals surface area contributed by atoms with Gasteiger partial charge in [0.1, 0.15) is 11.7 Å². The van der Waals surface area contributed by atoms with Crippen LogP contribution in [0.25, 0.3) is 5.69 Å². The fourth-order valence-corrected chi connectivity index (χ4v) is 3.39. The van der Waals surface area contributed by atoms with E-state index in [1.54, 1.807) is 0 Å². The van der Waals surface area contributed by atoms with Crippen molar-refractivity contribution in [1.82, 2.24) is 15.1 Å². The Labute approximate surface area is 155 Å². The summed E-state index contributed by atoms with van der Waals surface area (Å²) in [5.74, 6) is -3.69. The van der Waals surface area contributed by atoms with Crippen LogP contribution in [0.2, 0.25) is 0 Å². The van der Waals surface area contributed by atoms with Crippen molar-refractivity contribution in [3.05, 3.63) is 46.8 Å². The van der Waals surface area contributed by atoms with E-state index in [0.29, 0.717) is 24.1 Å². The molecular formula is C19H21F2N3O3. The maximum absolute atomic E-state index is 14.2. The number of carboxylic acid groups (broad SMARTS) is 1. The first kappa shape index (κ1) is 19.0. The number of nitrogens with zero attached hydrogens (tertiary/aromatic N) is 2. The molecule has 0 spiro atoms. The maximum Gasteiger partial charge on any atom is 0.326 e. The van der Waals surface area contributed by atoms with Crippen molar-refractivity contribution in [2.75, 3.05) is 0 Å². The first-order valence-electron chi connectivity index (χ1n) is 8.88. The predicted molar refractivity (Wildman–Crippen MR) is 93.9 cm³/mol. The van der Waals surface area contributed by atoms with Crippen LogP contribution in [0.5, 0.6) is 0 Å². The van der Waals surface area contributed by atoms with E-state index in [4.69, 9.17) is 0 Å². The number of carboxylic acids is 1. The van der Waals surface area contributed by atoms with Crippen molar-refractivity contribution in [3.63, 3.8) is 0 Å². The van der Waals surface area contributed by atoms with E-state index in [1.807, 2.05) is 13.8 Å². The van der Waals surface area contributed by atoms with Gasteiger partial charge in [0.2, 0.25) is 0 Å². The van der Waals surface area contributed by atoms with Crippen molar-refractivity contribution in [2.24, 2.45) is 5.92 Å². The topological polar surface area (TPSA) is 84.2 Å². The van der Waals surface area contributed by atoms with Gasteiger partial charge in [0.15, 0.2) is 17.3 Å². The van der Waals surface area contributed by atoms with Crippen LogP contribution in [0.4, 0.5) is 8.78 Å². The van der Waals surface area contributed by atoms with E-state index >= 15 is 0 Å². The number of fused-ring (bicyclic) bond motifs is 1.